The summed E-state index contributed by atoms with van der Waals surface area (Å²) in [7, 11) is 0. The van der Waals surface area contributed by atoms with Crippen LogP contribution in [0, 0.1) is 0 Å². The molecule has 0 amide bonds. The highest BCUT2D eigenvalue weighted by molar-refractivity contribution is 5.93. The Hall–Kier alpha value is -5.36. The van der Waals surface area contributed by atoms with Gasteiger partial charge in [0.05, 0.1) is 0 Å². The van der Waals surface area contributed by atoms with Crippen LogP contribution in [0.15, 0.2) is 146 Å². The van der Waals surface area contributed by atoms with E-state index in [1.165, 1.54) is 11.1 Å². The molecule has 6 rings (SSSR count). The third kappa shape index (κ3) is 7.77. The van der Waals surface area contributed by atoms with Gasteiger partial charge in [0.1, 0.15) is 0 Å². The minimum atomic E-state index is 0.524. The highest BCUT2D eigenvalue weighted by Crippen LogP contribution is 2.30. The van der Waals surface area contributed by atoms with Gasteiger partial charge in [0.15, 0.2) is 0 Å². The summed E-state index contributed by atoms with van der Waals surface area (Å²) in [5.41, 5.74) is 39.4. The molecule has 0 unspecified atom stereocenters. The predicted molar refractivity (Wildman–Crippen MR) is 203 cm³/mol. The van der Waals surface area contributed by atoms with Crippen LogP contribution < -0.4 is 22.9 Å². The van der Waals surface area contributed by atoms with Crippen LogP contribution in [0.5, 0.6) is 0 Å². The van der Waals surface area contributed by atoms with Crippen molar-refractivity contribution in [2.45, 2.75) is 26.2 Å². The van der Waals surface area contributed by atoms with Gasteiger partial charge in [-0.2, -0.15) is 0 Å². The molecular weight excluding hydrogens is 585 g/mol. The maximum absolute atomic E-state index is 5.86. The fourth-order valence-corrected chi connectivity index (χ4v) is 5.83. The summed E-state index contributed by atoms with van der Waals surface area (Å²) in [5.74, 6) is 0. The first kappa shape index (κ1) is 32.6. The average Bonchev–Trinajstić information content (AvgIpc) is 3.17. The van der Waals surface area contributed by atoms with Gasteiger partial charge in [0, 0.05) is 26.2 Å². The van der Waals surface area contributed by atoms with Gasteiger partial charge in [-0.05, 0) is 90.1 Å². The molecule has 0 aliphatic rings. The maximum atomic E-state index is 5.86. The summed E-state index contributed by atoms with van der Waals surface area (Å²) in [6.07, 6.45) is 4.49. The molecule has 0 radical (unpaired) electrons. The molecule has 0 aromatic heterocycles. The quantitative estimate of drug-likeness (QED) is 0.109. The summed E-state index contributed by atoms with van der Waals surface area (Å²) in [5, 5.41) is 0. The smallest absolute Gasteiger partial charge is 0.0178 e. The Morgan fingerprint density at radius 3 is 0.750 bits per heavy atom. The summed E-state index contributed by atoms with van der Waals surface area (Å²) >= 11 is 0. The number of hydrogen-bond donors (Lipinski definition) is 4. The van der Waals surface area contributed by atoms with Gasteiger partial charge in [0.2, 0.25) is 0 Å². The second kappa shape index (κ2) is 15.5. The molecule has 0 saturated heterocycles. The van der Waals surface area contributed by atoms with Crippen LogP contribution in [-0.4, -0.2) is 0 Å². The van der Waals surface area contributed by atoms with E-state index in [9.17, 15) is 0 Å². The zero-order valence-corrected chi connectivity index (χ0v) is 27.1. The Morgan fingerprint density at radius 1 is 0.312 bits per heavy atom. The molecule has 48 heavy (non-hydrogen) atoms. The van der Waals surface area contributed by atoms with Crippen molar-refractivity contribution in [3.05, 3.63) is 201 Å². The fraction of sp³-hybridized carbons (Fsp3) is 0.0909. The first-order valence-electron chi connectivity index (χ1n) is 16.4. The molecule has 6 aromatic rings. The van der Waals surface area contributed by atoms with E-state index in [0.29, 0.717) is 26.2 Å². The second-order valence-corrected chi connectivity index (χ2v) is 12.0. The molecule has 238 valence electrons. The highest BCUT2D eigenvalue weighted by Gasteiger charge is 2.09. The lowest BCUT2D eigenvalue weighted by Crippen LogP contribution is -1.98. The molecular formula is C44H42N4. The van der Waals surface area contributed by atoms with E-state index in [1.54, 1.807) is 0 Å². The standard InChI is InChI=1S/C44H42N4/c45-27-33-5-17-39(18-6-33)43(40-19-7-34(28-46)8-20-40)25-31-1-13-37(14-2-31)38-15-3-32(4-16-38)26-44(41-21-9-35(29-47)10-22-41)42-23-11-36(30-48)12-24-42/h1-26H,27-30,45-48H2. The van der Waals surface area contributed by atoms with E-state index < -0.39 is 0 Å². The van der Waals surface area contributed by atoms with Crippen molar-refractivity contribution < 1.29 is 0 Å². The van der Waals surface area contributed by atoms with Crippen molar-refractivity contribution in [3.8, 4) is 11.1 Å². The van der Waals surface area contributed by atoms with E-state index >= 15 is 0 Å². The van der Waals surface area contributed by atoms with Gasteiger partial charge in [0.25, 0.3) is 0 Å². The van der Waals surface area contributed by atoms with Gasteiger partial charge in [-0.3, -0.25) is 0 Å². The van der Waals surface area contributed by atoms with Crippen LogP contribution in [0.3, 0.4) is 0 Å². The highest BCUT2D eigenvalue weighted by atomic mass is 14.5. The lowest BCUT2D eigenvalue weighted by atomic mass is 9.93. The molecule has 0 spiro atoms. The molecule has 0 saturated carbocycles. The third-order valence-corrected chi connectivity index (χ3v) is 8.78. The van der Waals surface area contributed by atoms with Gasteiger partial charge in [-0.1, -0.05) is 146 Å². The number of hydrogen-bond acceptors (Lipinski definition) is 4. The Labute approximate surface area is 284 Å². The third-order valence-electron chi connectivity index (χ3n) is 8.78. The van der Waals surface area contributed by atoms with Gasteiger partial charge in [-0.15, -0.1) is 0 Å². The zero-order chi connectivity index (χ0) is 33.3. The first-order valence-corrected chi connectivity index (χ1v) is 16.4. The molecule has 0 fully saturated rings. The molecule has 0 atom stereocenters. The number of rotatable bonds is 11. The predicted octanol–water partition coefficient (Wildman–Crippen LogP) is 8.37. The molecule has 4 nitrogen and oxygen atoms in total. The summed E-state index contributed by atoms with van der Waals surface area (Å²) < 4.78 is 0. The van der Waals surface area contributed by atoms with E-state index in [2.05, 4.69) is 158 Å². The van der Waals surface area contributed by atoms with Crippen molar-refractivity contribution in [1.82, 2.24) is 0 Å². The van der Waals surface area contributed by atoms with Crippen LogP contribution in [-0.2, 0) is 26.2 Å². The summed E-state index contributed by atoms with van der Waals surface area (Å²) in [6.45, 7) is 2.10. The molecule has 0 bridgehead atoms. The van der Waals surface area contributed by atoms with Crippen LogP contribution in [0.25, 0.3) is 34.4 Å². The Bertz CT molecular complexity index is 1740. The van der Waals surface area contributed by atoms with Crippen LogP contribution >= 0.6 is 0 Å². The van der Waals surface area contributed by atoms with Crippen molar-refractivity contribution >= 4 is 23.3 Å². The Balaban J connectivity index is 1.28. The topological polar surface area (TPSA) is 104 Å². The summed E-state index contributed by atoms with van der Waals surface area (Å²) in [4.78, 5) is 0. The molecule has 0 aliphatic heterocycles. The number of benzene rings is 6. The van der Waals surface area contributed by atoms with Crippen molar-refractivity contribution in [1.29, 1.82) is 0 Å². The van der Waals surface area contributed by atoms with E-state index in [4.69, 9.17) is 22.9 Å². The van der Waals surface area contributed by atoms with E-state index in [-0.39, 0.29) is 0 Å². The van der Waals surface area contributed by atoms with E-state index in [1.807, 2.05) is 0 Å². The Kier molecular flexibility index (Phi) is 10.5. The number of nitrogens with two attached hydrogens (primary N) is 4. The molecule has 0 aliphatic carbocycles. The fourth-order valence-electron chi connectivity index (χ4n) is 5.83. The maximum Gasteiger partial charge on any atom is 0.0178 e. The first-order chi connectivity index (χ1) is 23.6. The largest absolute Gasteiger partial charge is 0.326 e. The zero-order valence-electron chi connectivity index (χ0n) is 27.1. The molecule has 6 aromatic carbocycles. The molecule has 4 heteroatoms. The lowest BCUT2D eigenvalue weighted by Gasteiger charge is -2.12. The minimum Gasteiger partial charge on any atom is -0.326 e. The van der Waals surface area contributed by atoms with Gasteiger partial charge in [-0.25, -0.2) is 0 Å². The Morgan fingerprint density at radius 2 is 0.542 bits per heavy atom. The van der Waals surface area contributed by atoms with Crippen molar-refractivity contribution in [2.75, 3.05) is 0 Å². The lowest BCUT2D eigenvalue weighted by molar-refractivity contribution is 1.07. The van der Waals surface area contributed by atoms with Crippen molar-refractivity contribution in [2.24, 2.45) is 22.9 Å². The van der Waals surface area contributed by atoms with Gasteiger partial charge >= 0.3 is 0 Å². The molecule has 8 N–H and O–H groups in total. The normalized spacial score (nSPS) is 10.8. The monoisotopic (exact) mass is 626 g/mol. The van der Waals surface area contributed by atoms with Crippen LogP contribution in [0.2, 0.25) is 0 Å². The van der Waals surface area contributed by atoms with Crippen molar-refractivity contribution in [3.63, 3.8) is 0 Å². The average molecular weight is 627 g/mol. The minimum absolute atomic E-state index is 0.524. The van der Waals surface area contributed by atoms with Gasteiger partial charge < -0.3 is 22.9 Å². The second-order valence-electron chi connectivity index (χ2n) is 12.0. The molecule has 0 heterocycles. The van der Waals surface area contributed by atoms with Crippen LogP contribution in [0.4, 0.5) is 0 Å². The summed E-state index contributed by atoms with van der Waals surface area (Å²) in [6, 6.07) is 51.4. The van der Waals surface area contributed by atoms with Crippen LogP contribution in [0.1, 0.15) is 55.6 Å². The van der Waals surface area contributed by atoms with E-state index in [0.717, 1.165) is 66.8 Å². The SMILES string of the molecule is NCc1ccc(C(=Cc2ccc(-c3ccc(C=C(c4ccc(CN)cc4)c4ccc(CN)cc4)cc3)cc2)c2ccc(CN)cc2)cc1.